The van der Waals surface area contributed by atoms with Gasteiger partial charge < -0.3 is 9.80 Å². The Hall–Kier alpha value is -2.66. The lowest BCUT2D eigenvalue weighted by atomic mass is 9.74. The number of hydrogen-bond acceptors (Lipinski definition) is 4. The van der Waals surface area contributed by atoms with Crippen molar-refractivity contribution in [1.29, 1.82) is 0 Å². The van der Waals surface area contributed by atoms with E-state index in [1.54, 1.807) is 0 Å². The number of carbonyl (C=O) groups is 1. The number of para-hydroxylation sites is 2. The average molecular weight is 390 g/mol. The van der Waals surface area contributed by atoms with Crippen molar-refractivity contribution in [3.63, 3.8) is 0 Å². The number of aryl methyl sites for hydroxylation is 1. The maximum atomic E-state index is 12.8. The number of thiazole rings is 1. The van der Waals surface area contributed by atoms with Gasteiger partial charge in [-0.05, 0) is 43.5 Å². The first-order valence-electron chi connectivity index (χ1n) is 9.80. The molecular weight excluding hydrogens is 366 g/mol. The highest BCUT2D eigenvalue weighted by Crippen LogP contribution is 2.49. The van der Waals surface area contributed by atoms with Gasteiger partial charge in [-0.15, -0.1) is 11.3 Å². The Kier molecular flexibility index (Phi) is 4.20. The fraction of sp³-hybridized carbons (Fsp3) is 0.304. The molecule has 1 aromatic heterocycles. The van der Waals surface area contributed by atoms with Gasteiger partial charge in [0.25, 0.3) is 5.91 Å². The number of benzene rings is 2. The highest BCUT2D eigenvalue weighted by molar-refractivity contribution is 7.09. The molecule has 5 heteroatoms. The van der Waals surface area contributed by atoms with Crippen LogP contribution in [0.5, 0.6) is 0 Å². The van der Waals surface area contributed by atoms with Gasteiger partial charge in [0, 0.05) is 41.8 Å². The summed E-state index contributed by atoms with van der Waals surface area (Å²) < 4.78 is 0. The van der Waals surface area contributed by atoms with E-state index < -0.39 is 0 Å². The molecule has 0 N–H and O–H groups in total. The molecule has 1 spiro atoms. The first kappa shape index (κ1) is 17.4. The van der Waals surface area contributed by atoms with Gasteiger partial charge in [0.15, 0.2) is 0 Å². The molecule has 142 valence electrons. The molecule has 1 fully saturated rings. The molecule has 0 bridgehead atoms. The molecule has 4 nitrogen and oxygen atoms in total. The van der Waals surface area contributed by atoms with Crippen LogP contribution < -0.4 is 4.90 Å². The minimum Gasteiger partial charge on any atom is -0.340 e. The summed E-state index contributed by atoms with van der Waals surface area (Å²) in [5.41, 5.74) is 4.68. The van der Waals surface area contributed by atoms with Crippen molar-refractivity contribution in [1.82, 2.24) is 9.88 Å². The van der Waals surface area contributed by atoms with Gasteiger partial charge in [-0.3, -0.25) is 4.79 Å². The van der Waals surface area contributed by atoms with Crippen LogP contribution in [-0.2, 0) is 5.41 Å². The van der Waals surface area contributed by atoms with E-state index in [0.717, 1.165) is 37.5 Å². The molecule has 2 aliphatic heterocycles. The summed E-state index contributed by atoms with van der Waals surface area (Å²) >= 11 is 1.54. The lowest BCUT2D eigenvalue weighted by molar-refractivity contribution is 0.0669. The zero-order chi connectivity index (χ0) is 19.1. The molecule has 0 saturated carbocycles. The monoisotopic (exact) mass is 389 g/mol. The third-order valence-electron chi connectivity index (χ3n) is 6.14. The second-order valence-corrected chi connectivity index (χ2v) is 8.83. The molecule has 0 radical (unpaired) electrons. The molecule has 0 unspecified atom stereocenters. The summed E-state index contributed by atoms with van der Waals surface area (Å²) in [6, 6.07) is 19.4. The number of anilines is 2. The normalized spacial score (nSPS) is 17.8. The van der Waals surface area contributed by atoms with Crippen molar-refractivity contribution in [3.05, 3.63) is 76.2 Å². The lowest BCUT2D eigenvalue weighted by Crippen LogP contribution is -2.46. The Bertz CT molecular complexity index is 1010. The van der Waals surface area contributed by atoms with Crippen LogP contribution in [0.4, 0.5) is 11.4 Å². The highest BCUT2D eigenvalue weighted by atomic mass is 32.1. The number of carbonyl (C=O) groups excluding carboxylic acids is 1. The Balaban J connectivity index is 1.40. The summed E-state index contributed by atoms with van der Waals surface area (Å²) in [7, 11) is 0. The molecular formula is C23H23N3OS. The molecule has 1 amide bonds. The van der Waals surface area contributed by atoms with E-state index in [2.05, 4.69) is 64.5 Å². The fourth-order valence-electron chi connectivity index (χ4n) is 4.66. The van der Waals surface area contributed by atoms with Crippen molar-refractivity contribution in [3.8, 4) is 0 Å². The summed E-state index contributed by atoms with van der Waals surface area (Å²) in [6.45, 7) is 4.49. The van der Waals surface area contributed by atoms with Crippen molar-refractivity contribution in [2.45, 2.75) is 25.2 Å². The number of nitrogens with zero attached hydrogens (tertiary/aromatic N) is 3. The highest BCUT2D eigenvalue weighted by Gasteiger charge is 2.45. The van der Waals surface area contributed by atoms with Crippen molar-refractivity contribution < 1.29 is 4.79 Å². The van der Waals surface area contributed by atoms with Crippen LogP contribution in [0.1, 0.15) is 33.9 Å². The van der Waals surface area contributed by atoms with Crippen molar-refractivity contribution >= 4 is 28.6 Å². The predicted octanol–water partition coefficient (Wildman–Crippen LogP) is 4.78. The molecule has 2 aliphatic rings. The summed E-state index contributed by atoms with van der Waals surface area (Å²) in [5.74, 6) is 0.0744. The van der Waals surface area contributed by atoms with Crippen molar-refractivity contribution in [2.24, 2.45) is 0 Å². The van der Waals surface area contributed by atoms with Gasteiger partial charge >= 0.3 is 0 Å². The van der Waals surface area contributed by atoms with Crippen LogP contribution in [0.15, 0.2) is 60.0 Å². The molecule has 3 aromatic rings. The minimum atomic E-state index is 0.0744. The summed E-state index contributed by atoms with van der Waals surface area (Å²) in [5, 5.41) is 2.82. The maximum absolute atomic E-state index is 12.8. The average Bonchev–Trinajstić information content (AvgIpc) is 3.31. The lowest BCUT2D eigenvalue weighted by Gasteiger charge is -2.39. The van der Waals surface area contributed by atoms with Gasteiger partial charge in [-0.25, -0.2) is 4.98 Å². The first-order valence-corrected chi connectivity index (χ1v) is 10.7. The van der Waals surface area contributed by atoms with E-state index in [0.29, 0.717) is 5.69 Å². The molecule has 0 atom stereocenters. The second-order valence-electron chi connectivity index (χ2n) is 7.76. The molecule has 28 heavy (non-hydrogen) atoms. The molecule has 5 rings (SSSR count). The first-order chi connectivity index (χ1) is 13.7. The second kappa shape index (κ2) is 6.74. The van der Waals surface area contributed by atoms with Gasteiger partial charge in [0.05, 0.1) is 5.01 Å². The molecule has 0 aliphatic carbocycles. The van der Waals surface area contributed by atoms with Gasteiger partial charge in [0.1, 0.15) is 5.69 Å². The number of likely N-dealkylation sites (tertiary alicyclic amines) is 1. The number of amides is 1. The Morgan fingerprint density at radius 3 is 2.46 bits per heavy atom. The van der Waals surface area contributed by atoms with E-state index in [9.17, 15) is 4.79 Å². The van der Waals surface area contributed by atoms with Crippen LogP contribution in [0.2, 0.25) is 0 Å². The molecule has 1 saturated heterocycles. The van der Waals surface area contributed by atoms with Gasteiger partial charge in [-0.1, -0.05) is 36.4 Å². The number of piperidine rings is 1. The van der Waals surface area contributed by atoms with E-state index >= 15 is 0 Å². The largest absolute Gasteiger partial charge is 0.340 e. The maximum Gasteiger partial charge on any atom is 0.273 e. The minimum absolute atomic E-state index is 0.0744. The predicted molar refractivity (Wildman–Crippen MR) is 114 cm³/mol. The van der Waals surface area contributed by atoms with Crippen molar-refractivity contribution in [2.75, 3.05) is 24.5 Å². The zero-order valence-corrected chi connectivity index (χ0v) is 16.8. The third kappa shape index (κ3) is 2.81. The van der Waals surface area contributed by atoms with Crippen LogP contribution in [0, 0.1) is 6.92 Å². The smallest absolute Gasteiger partial charge is 0.273 e. The van der Waals surface area contributed by atoms with E-state index in [4.69, 9.17) is 0 Å². The summed E-state index contributed by atoms with van der Waals surface area (Å²) in [4.78, 5) is 21.6. The quantitative estimate of drug-likeness (QED) is 0.633. The van der Waals surface area contributed by atoms with E-state index in [-0.39, 0.29) is 11.3 Å². The summed E-state index contributed by atoms with van der Waals surface area (Å²) in [6.07, 6.45) is 1.98. The van der Waals surface area contributed by atoms with Crippen LogP contribution in [0.3, 0.4) is 0 Å². The SMILES string of the molecule is Cc1nc(C(=O)N2CCC3(CC2)CN(c2ccccc2)c2ccccc23)cs1. The Morgan fingerprint density at radius 2 is 1.75 bits per heavy atom. The van der Waals surface area contributed by atoms with E-state index in [1.807, 2.05) is 17.2 Å². The van der Waals surface area contributed by atoms with Gasteiger partial charge in [0.2, 0.25) is 0 Å². The Morgan fingerprint density at radius 1 is 1.04 bits per heavy atom. The number of fused-ring (bicyclic) bond motifs is 2. The van der Waals surface area contributed by atoms with E-state index in [1.165, 1.54) is 28.3 Å². The fourth-order valence-corrected chi connectivity index (χ4v) is 5.24. The number of rotatable bonds is 2. The van der Waals surface area contributed by atoms with Crippen LogP contribution in [-0.4, -0.2) is 35.4 Å². The molecule has 3 heterocycles. The Labute approximate surface area is 169 Å². The standard InChI is InChI=1S/C23H23N3OS/c1-17-24-20(15-28-17)22(27)25-13-11-23(12-14-25)16-26(18-7-3-2-4-8-18)21-10-6-5-9-19(21)23/h2-10,15H,11-14,16H2,1H3. The zero-order valence-electron chi connectivity index (χ0n) is 16.0. The number of aromatic nitrogens is 1. The molecule has 2 aromatic carbocycles. The van der Waals surface area contributed by atoms with Crippen LogP contribution >= 0.6 is 11.3 Å². The van der Waals surface area contributed by atoms with Gasteiger partial charge in [-0.2, -0.15) is 0 Å². The number of hydrogen-bond donors (Lipinski definition) is 0. The topological polar surface area (TPSA) is 36.4 Å². The van der Waals surface area contributed by atoms with Crippen LogP contribution in [0.25, 0.3) is 0 Å². The third-order valence-corrected chi connectivity index (χ3v) is 6.91.